The van der Waals surface area contributed by atoms with Crippen molar-refractivity contribution in [3.8, 4) is 0 Å². The summed E-state index contributed by atoms with van der Waals surface area (Å²) in [5.74, 6) is 3.03. The van der Waals surface area contributed by atoms with Crippen LogP contribution in [0.2, 0.25) is 0 Å². The molecule has 124 valence electrons. The molecule has 0 radical (unpaired) electrons. The molecule has 2 aliphatic heterocycles. The molecule has 23 heavy (non-hydrogen) atoms. The minimum atomic E-state index is -0.0270. The fraction of sp³-hybridized carbons (Fsp3) is 0.706. The van der Waals surface area contributed by atoms with Gasteiger partial charge < -0.3 is 15.1 Å². The second-order valence-electron chi connectivity index (χ2n) is 7.38. The molecule has 1 aliphatic carbocycles. The van der Waals surface area contributed by atoms with Crippen LogP contribution >= 0.6 is 0 Å². The Balaban J connectivity index is 1.66. The molecule has 1 unspecified atom stereocenters. The molecule has 2 fully saturated rings. The number of nitrogens with one attached hydrogen (secondary N) is 1. The number of aromatic nitrogens is 2. The van der Waals surface area contributed by atoms with Crippen LogP contribution in [0.1, 0.15) is 47.1 Å². The summed E-state index contributed by atoms with van der Waals surface area (Å²) < 4.78 is 0. The van der Waals surface area contributed by atoms with Crippen LogP contribution in [-0.4, -0.2) is 61.0 Å². The van der Waals surface area contributed by atoms with Gasteiger partial charge in [-0.25, -0.2) is 9.97 Å². The average molecular weight is 315 g/mol. The molecule has 1 saturated carbocycles. The van der Waals surface area contributed by atoms with E-state index in [0.29, 0.717) is 24.1 Å². The minimum Gasteiger partial charge on any atom is -0.356 e. The van der Waals surface area contributed by atoms with Crippen molar-refractivity contribution in [2.24, 2.45) is 5.92 Å². The molecule has 0 aromatic carbocycles. The number of carbonyl (C=O) groups excluding carboxylic acids is 1. The topological polar surface area (TPSA) is 61.4 Å². The van der Waals surface area contributed by atoms with Gasteiger partial charge in [-0.15, -0.1) is 0 Å². The lowest BCUT2D eigenvalue weighted by molar-refractivity contribution is 0.0940. The van der Waals surface area contributed by atoms with Crippen molar-refractivity contribution in [3.05, 3.63) is 17.1 Å². The van der Waals surface area contributed by atoms with Gasteiger partial charge in [0, 0.05) is 37.7 Å². The zero-order valence-electron chi connectivity index (χ0n) is 14.0. The SMILES string of the molecule is CN(C)CC1CCN(c2nc(C3CC3)nc3c2CCNC3=O)C1. The summed E-state index contributed by atoms with van der Waals surface area (Å²) in [5.41, 5.74) is 1.68. The summed E-state index contributed by atoms with van der Waals surface area (Å²) in [5, 5.41) is 2.92. The van der Waals surface area contributed by atoms with Gasteiger partial charge in [-0.3, -0.25) is 4.79 Å². The first kappa shape index (κ1) is 14.9. The Hall–Kier alpha value is -1.69. The highest BCUT2D eigenvalue weighted by Crippen LogP contribution is 2.40. The van der Waals surface area contributed by atoms with Crippen LogP contribution < -0.4 is 10.2 Å². The summed E-state index contributed by atoms with van der Waals surface area (Å²) >= 11 is 0. The molecule has 3 heterocycles. The highest BCUT2D eigenvalue weighted by atomic mass is 16.1. The van der Waals surface area contributed by atoms with Crippen LogP contribution in [0.15, 0.2) is 0 Å². The van der Waals surface area contributed by atoms with Gasteiger partial charge in [0.05, 0.1) is 0 Å². The highest BCUT2D eigenvalue weighted by Gasteiger charge is 2.34. The van der Waals surface area contributed by atoms with Crippen LogP contribution in [0.4, 0.5) is 5.82 Å². The van der Waals surface area contributed by atoms with Crippen LogP contribution in [0.5, 0.6) is 0 Å². The number of amides is 1. The number of hydrogen-bond acceptors (Lipinski definition) is 5. The van der Waals surface area contributed by atoms with E-state index in [0.717, 1.165) is 56.1 Å². The Morgan fingerprint density at radius 1 is 1.26 bits per heavy atom. The van der Waals surface area contributed by atoms with E-state index in [1.54, 1.807) is 0 Å². The van der Waals surface area contributed by atoms with Crippen LogP contribution in [0, 0.1) is 5.92 Å². The number of hydrogen-bond donors (Lipinski definition) is 1. The van der Waals surface area contributed by atoms with Gasteiger partial charge in [0.25, 0.3) is 5.91 Å². The van der Waals surface area contributed by atoms with Crippen LogP contribution in [0.3, 0.4) is 0 Å². The lowest BCUT2D eigenvalue weighted by Gasteiger charge is -2.26. The maximum atomic E-state index is 12.2. The molecule has 1 amide bonds. The quantitative estimate of drug-likeness (QED) is 0.899. The van der Waals surface area contributed by atoms with Gasteiger partial charge in [-0.1, -0.05) is 0 Å². The molecule has 1 aromatic heterocycles. The van der Waals surface area contributed by atoms with E-state index in [9.17, 15) is 4.79 Å². The third-order valence-corrected chi connectivity index (χ3v) is 5.03. The molecule has 6 nitrogen and oxygen atoms in total. The average Bonchev–Trinajstić information content (AvgIpc) is 3.27. The lowest BCUT2D eigenvalue weighted by atomic mass is 10.1. The lowest BCUT2D eigenvalue weighted by Crippen LogP contribution is -2.36. The zero-order chi connectivity index (χ0) is 16.0. The normalized spacial score (nSPS) is 24.0. The van der Waals surface area contributed by atoms with Crippen molar-refractivity contribution in [2.45, 2.75) is 31.6 Å². The van der Waals surface area contributed by atoms with Gasteiger partial charge in [0.2, 0.25) is 0 Å². The Kier molecular flexibility index (Phi) is 3.71. The number of carbonyl (C=O) groups is 1. The molecular weight excluding hydrogens is 290 g/mol. The van der Waals surface area contributed by atoms with E-state index in [1.807, 2.05) is 0 Å². The van der Waals surface area contributed by atoms with E-state index in [1.165, 1.54) is 6.42 Å². The van der Waals surface area contributed by atoms with E-state index in [4.69, 9.17) is 4.98 Å². The summed E-state index contributed by atoms with van der Waals surface area (Å²) in [6.07, 6.45) is 4.35. The monoisotopic (exact) mass is 315 g/mol. The largest absolute Gasteiger partial charge is 0.356 e. The standard InChI is InChI=1S/C17H25N5O/c1-21(2)9-11-6-8-22(10-11)16-13-5-7-18-17(23)14(13)19-15(20-16)12-3-4-12/h11-12H,3-10H2,1-2H3,(H,18,23). The van der Waals surface area contributed by atoms with Gasteiger partial charge in [0.1, 0.15) is 17.3 Å². The molecular formula is C17H25N5O. The van der Waals surface area contributed by atoms with Crippen molar-refractivity contribution in [1.29, 1.82) is 0 Å². The first-order valence-corrected chi connectivity index (χ1v) is 8.70. The Morgan fingerprint density at radius 2 is 2.09 bits per heavy atom. The van der Waals surface area contributed by atoms with E-state index in [2.05, 4.69) is 34.2 Å². The molecule has 1 aromatic rings. The predicted octanol–water partition coefficient (Wildman–Crippen LogP) is 1.03. The number of nitrogens with zero attached hydrogens (tertiary/aromatic N) is 4. The van der Waals surface area contributed by atoms with Crippen molar-refractivity contribution in [3.63, 3.8) is 0 Å². The van der Waals surface area contributed by atoms with Gasteiger partial charge in [0.15, 0.2) is 0 Å². The van der Waals surface area contributed by atoms with Crippen LogP contribution in [0.25, 0.3) is 0 Å². The Labute approximate surface area is 137 Å². The molecule has 0 bridgehead atoms. The van der Waals surface area contributed by atoms with E-state index >= 15 is 0 Å². The Bertz CT molecular complexity index is 626. The molecule has 6 heteroatoms. The maximum Gasteiger partial charge on any atom is 0.270 e. The van der Waals surface area contributed by atoms with Crippen molar-refractivity contribution >= 4 is 11.7 Å². The summed E-state index contributed by atoms with van der Waals surface area (Å²) in [6.45, 7) is 3.88. The fourth-order valence-corrected chi connectivity index (χ4v) is 3.77. The third-order valence-electron chi connectivity index (χ3n) is 5.03. The maximum absolute atomic E-state index is 12.2. The molecule has 0 spiro atoms. The predicted molar refractivity (Wildman–Crippen MR) is 88.9 cm³/mol. The minimum absolute atomic E-state index is 0.0270. The molecule has 4 rings (SSSR count). The van der Waals surface area contributed by atoms with Crippen molar-refractivity contribution in [2.75, 3.05) is 45.2 Å². The Morgan fingerprint density at radius 3 is 2.83 bits per heavy atom. The van der Waals surface area contributed by atoms with E-state index < -0.39 is 0 Å². The number of rotatable bonds is 4. The fourth-order valence-electron chi connectivity index (χ4n) is 3.77. The highest BCUT2D eigenvalue weighted by molar-refractivity contribution is 5.96. The third kappa shape index (κ3) is 2.92. The molecule has 1 atom stereocenters. The van der Waals surface area contributed by atoms with Crippen LogP contribution in [-0.2, 0) is 6.42 Å². The molecule has 3 aliphatic rings. The number of anilines is 1. The van der Waals surface area contributed by atoms with E-state index in [-0.39, 0.29) is 5.91 Å². The van der Waals surface area contributed by atoms with Crippen molar-refractivity contribution < 1.29 is 4.79 Å². The van der Waals surface area contributed by atoms with Crippen molar-refractivity contribution in [1.82, 2.24) is 20.2 Å². The zero-order valence-corrected chi connectivity index (χ0v) is 14.0. The summed E-state index contributed by atoms with van der Waals surface area (Å²) in [6, 6.07) is 0. The summed E-state index contributed by atoms with van der Waals surface area (Å²) in [7, 11) is 4.26. The summed E-state index contributed by atoms with van der Waals surface area (Å²) in [4.78, 5) is 26.4. The second-order valence-corrected chi connectivity index (χ2v) is 7.38. The van der Waals surface area contributed by atoms with Gasteiger partial charge in [-0.05, 0) is 45.7 Å². The second kappa shape index (κ2) is 5.74. The van der Waals surface area contributed by atoms with Gasteiger partial charge in [-0.2, -0.15) is 0 Å². The van der Waals surface area contributed by atoms with Gasteiger partial charge >= 0.3 is 0 Å². The smallest absolute Gasteiger partial charge is 0.270 e. The first-order valence-electron chi connectivity index (χ1n) is 8.70. The molecule has 1 saturated heterocycles. The molecule has 1 N–H and O–H groups in total. The first-order chi connectivity index (χ1) is 11.1. The number of fused-ring (bicyclic) bond motifs is 1.